The molecule has 120 valence electrons. The van der Waals surface area contributed by atoms with Gasteiger partial charge in [-0.3, -0.25) is 9.59 Å². The molecule has 0 saturated heterocycles. The quantitative estimate of drug-likeness (QED) is 0.755. The van der Waals surface area contributed by atoms with Gasteiger partial charge in [0, 0.05) is 30.3 Å². The van der Waals surface area contributed by atoms with Gasteiger partial charge in [-0.2, -0.15) is 0 Å². The molecule has 2 amide bonds. The van der Waals surface area contributed by atoms with E-state index in [0.717, 1.165) is 25.7 Å². The molecular weight excluding hydrogens is 278 g/mol. The van der Waals surface area contributed by atoms with Gasteiger partial charge in [-0.05, 0) is 43.4 Å². The van der Waals surface area contributed by atoms with Gasteiger partial charge in [-0.1, -0.05) is 19.4 Å². The molecule has 0 unspecified atom stereocenters. The predicted molar refractivity (Wildman–Crippen MR) is 88.5 cm³/mol. The Morgan fingerprint density at radius 3 is 2.45 bits per heavy atom. The minimum Gasteiger partial charge on any atom is -0.327 e. The predicted octanol–water partition coefficient (Wildman–Crippen LogP) is 2.88. The Kier molecular flexibility index (Phi) is 5.95. The molecule has 5 nitrogen and oxygen atoms in total. The fourth-order valence-electron chi connectivity index (χ4n) is 2.89. The summed E-state index contributed by atoms with van der Waals surface area (Å²) < 4.78 is 0. The summed E-state index contributed by atoms with van der Waals surface area (Å²) in [7, 11) is 0. The largest absolute Gasteiger partial charge is 0.327 e. The van der Waals surface area contributed by atoms with Crippen molar-refractivity contribution in [2.45, 2.75) is 51.5 Å². The molecular formula is C17H25N3O2. The molecule has 5 heteroatoms. The van der Waals surface area contributed by atoms with E-state index in [1.807, 2.05) is 25.1 Å². The second-order valence-electron chi connectivity index (χ2n) is 5.99. The van der Waals surface area contributed by atoms with Gasteiger partial charge >= 0.3 is 0 Å². The van der Waals surface area contributed by atoms with Crippen LogP contribution >= 0.6 is 0 Å². The molecule has 1 aliphatic carbocycles. The molecule has 0 radical (unpaired) electrons. The van der Waals surface area contributed by atoms with E-state index in [2.05, 4.69) is 10.6 Å². The minimum absolute atomic E-state index is 0.0112. The maximum atomic E-state index is 12.1. The van der Waals surface area contributed by atoms with Crippen molar-refractivity contribution in [1.29, 1.82) is 0 Å². The summed E-state index contributed by atoms with van der Waals surface area (Å²) >= 11 is 0. The number of carbonyl (C=O) groups excluding carboxylic acids is 2. The van der Waals surface area contributed by atoms with Crippen LogP contribution in [0.25, 0.3) is 0 Å². The van der Waals surface area contributed by atoms with Gasteiger partial charge in [0.25, 0.3) is 0 Å². The monoisotopic (exact) mass is 303 g/mol. The molecule has 1 aromatic rings. The maximum absolute atomic E-state index is 12.1. The standard InChI is InChI=1S/C17H25N3O2/c1-2-5-16(21)19-13-7-4-8-14(11-13)20-17(22)10-12-6-3-9-15(12)18/h4,7-8,11-12,15H,2-3,5-6,9-10,18H2,1H3,(H,19,21)(H,20,22)/t12-,15+/m0/s1. The van der Waals surface area contributed by atoms with Crippen molar-refractivity contribution in [2.75, 3.05) is 10.6 Å². The molecule has 0 aliphatic heterocycles. The normalized spacial score (nSPS) is 20.6. The first-order valence-electron chi connectivity index (χ1n) is 8.04. The Balaban J connectivity index is 1.89. The van der Waals surface area contributed by atoms with Crippen LogP contribution in [0.4, 0.5) is 11.4 Å². The van der Waals surface area contributed by atoms with Crippen LogP contribution in [0.2, 0.25) is 0 Å². The van der Waals surface area contributed by atoms with Gasteiger partial charge in [0.1, 0.15) is 0 Å². The minimum atomic E-state index is -0.0145. The molecule has 0 bridgehead atoms. The van der Waals surface area contributed by atoms with E-state index in [9.17, 15) is 9.59 Å². The van der Waals surface area contributed by atoms with E-state index in [1.54, 1.807) is 6.07 Å². The fraction of sp³-hybridized carbons (Fsp3) is 0.529. The average molecular weight is 303 g/mol. The maximum Gasteiger partial charge on any atom is 0.224 e. The molecule has 1 saturated carbocycles. The second kappa shape index (κ2) is 7.94. The third-order valence-corrected chi connectivity index (χ3v) is 4.07. The third kappa shape index (κ3) is 4.84. The lowest BCUT2D eigenvalue weighted by molar-refractivity contribution is -0.117. The zero-order valence-corrected chi connectivity index (χ0v) is 13.1. The Hall–Kier alpha value is -1.88. The van der Waals surface area contributed by atoms with Gasteiger partial charge in [-0.15, -0.1) is 0 Å². The lowest BCUT2D eigenvalue weighted by Gasteiger charge is -2.15. The van der Waals surface area contributed by atoms with Crippen LogP contribution in [0.1, 0.15) is 45.4 Å². The van der Waals surface area contributed by atoms with Crippen LogP contribution < -0.4 is 16.4 Å². The topological polar surface area (TPSA) is 84.2 Å². The number of benzene rings is 1. The number of anilines is 2. The van der Waals surface area contributed by atoms with E-state index in [1.165, 1.54) is 0 Å². The van der Waals surface area contributed by atoms with Gasteiger partial charge in [0.05, 0.1) is 0 Å². The summed E-state index contributed by atoms with van der Waals surface area (Å²) in [5, 5.41) is 5.72. The van der Waals surface area contributed by atoms with E-state index in [0.29, 0.717) is 24.2 Å². The van der Waals surface area contributed by atoms with Gasteiger partial charge in [0.15, 0.2) is 0 Å². The summed E-state index contributed by atoms with van der Waals surface area (Å²) in [5.74, 6) is 0.259. The molecule has 0 aromatic heterocycles. The first-order chi connectivity index (χ1) is 10.6. The van der Waals surface area contributed by atoms with Crippen molar-refractivity contribution in [3.63, 3.8) is 0 Å². The third-order valence-electron chi connectivity index (χ3n) is 4.07. The number of nitrogens with one attached hydrogen (secondary N) is 2. The highest BCUT2D eigenvalue weighted by atomic mass is 16.2. The van der Waals surface area contributed by atoms with Crippen LogP contribution in [-0.2, 0) is 9.59 Å². The van der Waals surface area contributed by atoms with Gasteiger partial charge in [-0.25, -0.2) is 0 Å². The van der Waals surface area contributed by atoms with Crippen molar-refractivity contribution in [3.8, 4) is 0 Å². The zero-order chi connectivity index (χ0) is 15.9. The van der Waals surface area contributed by atoms with Crippen LogP contribution in [0, 0.1) is 5.92 Å². The Morgan fingerprint density at radius 1 is 1.18 bits per heavy atom. The zero-order valence-electron chi connectivity index (χ0n) is 13.1. The summed E-state index contributed by atoms with van der Waals surface area (Å²) in [6.07, 6.45) is 4.92. The van der Waals surface area contributed by atoms with Crippen LogP contribution in [0.3, 0.4) is 0 Å². The Morgan fingerprint density at radius 2 is 1.86 bits per heavy atom. The molecule has 2 rings (SSSR count). The summed E-state index contributed by atoms with van der Waals surface area (Å²) in [6.45, 7) is 1.96. The molecule has 0 heterocycles. The molecule has 4 N–H and O–H groups in total. The Bertz CT molecular complexity index is 530. The van der Waals surface area contributed by atoms with Crippen molar-refractivity contribution >= 4 is 23.2 Å². The molecule has 22 heavy (non-hydrogen) atoms. The number of carbonyl (C=O) groups is 2. The molecule has 1 fully saturated rings. The van der Waals surface area contributed by atoms with Crippen molar-refractivity contribution in [1.82, 2.24) is 0 Å². The highest BCUT2D eigenvalue weighted by Crippen LogP contribution is 2.27. The number of nitrogens with two attached hydrogens (primary N) is 1. The van der Waals surface area contributed by atoms with Crippen molar-refractivity contribution in [2.24, 2.45) is 11.7 Å². The summed E-state index contributed by atoms with van der Waals surface area (Å²) in [5.41, 5.74) is 7.40. The summed E-state index contributed by atoms with van der Waals surface area (Å²) in [4.78, 5) is 23.7. The molecule has 0 spiro atoms. The van der Waals surface area contributed by atoms with E-state index in [4.69, 9.17) is 5.73 Å². The lowest BCUT2D eigenvalue weighted by atomic mass is 10.00. The molecule has 1 aromatic carbocycles. The highest BCUT2D eigenvalue weighted by Gasteiger charge is 2.25. The lowest BCUT2D eigenvalue weighted by Crippen LogP contribution is -2.28. The number of amides is 2. The van der Waals surface area contributed by atoms with E-state index in [-0.39, 0.29) is 23.8 Å². The highest BCUT2D eigenvalue weighted by molar-refractivity contribution is 5.94. The number of hydrogen-bond acceptors (Lipinski definition) is 3. The summed E-state index contributed by atoms with van der Waals surface area (Å²) in [6, 6.07) is 7.38. The van der Waals surface area contributed by atoms with Crippen LogP contribution in [0.5, 0.6) is 0 Å². The van der Waals surface area contributed by atoms with Crippen LogP contribution in [0.15, 0.2) is 24.3 Å². The van der Waals surface area contributed by atoms with Gasteiger partial charge < -0.3 is 16.4 Å². The molecule has 1 aliphatic rings. The van der Waals surface area contributed by atoms with Gasteiger partial charge in [0.2, 0.25) is 11.8 Å². The van der Waals surface area contributed by atoms with Crippen molar-refractivity contribution in [3.05, 3.63) is 24.3 Å². The first-order valence-corrected chi connectivity index (χ1v) is 8.04. The number of rotatable bonds is 6. The smallest absolute Gasteiger partial charge is 0.224 e. The molecule has 2 atom stereocenters. The first kappa shape index (κ1) is 16.5. The van der Waals surface area contributed by atoms with Crippen LogP contribution in [-0.4, -0.2) is 17.9 Å². The Labute approximate surface area is 131 Å². The second-order valence-corrected chi connectivity index (χ2v) is 5.99. The van der Waals surface area contributed by atoms with Crippen molar-refractivity contribution < 1.29 is 9.59 Å². The van der Waals surface area contributed by atoms with E-state index < -0.39 is 0 Å². The number of hydrogen-bond donors (Lipinski definition) is 3. The average Bonchev–Trinajstić information content (AvgIpc) is 2.84. The fourth-order valence-corrected chi connectivity index (χ4v) is 2.89. The SMILES string of the molecule is CCCC(=O)Nc1cccc(NC(=O)C[C@@H]2CCC[C@H]2N)c1. The van der Waals surface area contributed by atoms with E-state index >= 15 is 0 Å².